The van der Waals surface area contributed by atoms with Crippen molar-refractivity contribution in [2.45, 2.75) is 19.9 Å². The number of nitro groups is 1. The number of aliphatic hydroxyl groups excluding tert-OH is 1. The van der Waals surface area contributed by atoms with Gasteiger partial charge in [0.2, 0.25) is 0 Å². The lowest BCUT2D eigenvalue weighted by Crippen LogP contribution is -2.29. The van der Waals surface area contributed by atoms with Crippen LogP contribution in [0.25, 0.3) is 11.4 Å². The van der Waals surface area contributed by atoms with Gasteiger partial charge in [-0.1, -0.05) is 18.2 Å². The molecule has 5 rings (SSSR count). The second kappa shape index (κ2) is 7.89. The number of hydrogen-bond acceptors (Lipinski definition) is 8. The molecule has 170 valence electrons. The fourth-order valence-electron chi connectivity index (χ4n) is 4.16. The molecule has 34 heavy (non-hydrogen) atoms. The molecule has 0 radical (unpaired) electrons. The van der Waals surface area contributed by atoms with Gasteiger partial charge in [0.25, 0.3) is 11.5 Å². The van der Waals surface area contributed by atoms with Crippen LogP contribution in [-0.2, 0) is 9.59 Å². The van der Waals surface area contributed by atoms with Gasteiger partial charge in [0.1, 0.15) is 11.3 Å². The van der Waals surface area contributed by atoms with Crippen molar-refractivity contribution in [3.63, 3.8) is 0 Å². The predicted molar refractivity (Wildman–Crippen MR) is 125 cm³/mol. The monoisotopic (exact) mass is 475 g/mol. The van der Waals surface area contributed by atoms with Crippen molar-refractivity contribution < 1.29 is 19.6 Å². The first-order valence-corrected chi connectivity index (χ1v) is 11.1. The van der Waals surface area contributed by atoms with Crippen LogP contribution in [0.3, 0.4) is 0 Å². The van der Waals surface area contributed by atoms with Gasteiger partial charge < -0.3 is 9.51 Å². The molecule has 11 heteroatoms. The van der Waals surface area contributed by atoms with Crippen molar-refractivity contribution in [3.05, 3.63) is 92.4 Å². The zero-order valence-electron chi connectivity index (χ0n) is 18.0. The number of benzene rings is 1. The number of imidazole rings is 1. The van der Waals surface area contributed by atoms with Gasteiger partial charge in [-0.15, -0.1) is 11.3 Å². The number of thiazole rings is 1. The van der Waals surface area contributed by atoms with Crippen LogP contribution in [0, 0.1) is 24.0 Å². The van der Waals surface area contributed by atoms with E-state index in [1.165, 1.54) is 24.4 Å². The molecule has 0 bridgehead atoms. The van der Waals surface area contributed by atoms with Gasteiger partial charge in [0, 0.05) is 29.9 Å². The van der Waals surface area contributed by atoms with E-state index in [1.54, 1.807) is 29.0 Å². The standard InChI is InChI=1S/C23H17N5O5S/c1-12-5-4-9-26-13(2)17(25-21(12)26)19(29)16-18(14-6-3-7-15(11-14)28(32)33)27(22(31)20(16)30)23-24-8-10-34-23/h3-11,18,29H,1-2H3/b19-16+. The van der Waals surface area contributed by atoms with Crippen molar-refractivity contribution >= 4 is 45.3 Å². The van der Waals surface area contributed by atoms with Gasteiger partial charge in [0.05, 0.1) is 22.2 Å². The summed E-state index contributed by atoms with van der Waals surface area (Å²) >= 11 is 1.14. The SMILES string of the molecule is Cc1cccn2c(C)c(/C(O)=C3\C(=O)C(=O)N(c4nccs4)C3c3cccc([N+](=O)[O-])c3)nc12. The summed E-state index contributed by atoms with van der Waals surface area (Å²) in [5.41, 5.74) is 2.08. The summed E-state index contributed by atoms with van der Waals surface area (Å²) in [6, 6.07) is 8.23. The molecular formula is C23H17N5O5S. The summed E-state index contributed by atoms with van der Waals surface area (Å²) < 4.78 is 1.78. The molecule has 0 aliphatic carbocycles. The van der Waals surface area contributed by atoms with E-state index in [0.29, 0.717) is 16.9 Å². The minimum absolute atomic E-state index is 0.155. The van der Waals surface area contributed by atoms with E-state index in [-0.39, 0.29) is 22.1 Å². The van der Waals surface area contributed by atoms with Crippen LogP contribution >= 0.6 is 11.3 Å². The average Bonchev–Trinajstić information content (AvgIpc) is 3.52. The molecule has 1 aliphatic heterocycles. The number of ketones is 1. The fourth-order valence-corrected chi connectivity index (χ4v) is 4.83. The number of carbonyl (C=O) groups excluding carboxylic acids is 2. The van der Waals surface area contributed by atoms with Gasteiger partial charge in [-0.05, 0) is 31.0 Å². The first-order valence-electron chi connectivity index (χ1n) is 10.2. The van der Waals surface area contributed by atoms with Crippen LogP contribution in [0.2, 0.25) is 0 Å². The van der Waals surface area contributed by atoms with Crippen LogP contribution in [0.5, 0.6) is 0 Å². The molecule has 4 heterocycles. The molecule has 1 fully saturated rings. The lowest BCUT2D eigenvalue weighted by Gasteiger charge is -2.22. The van der Waals surface area contributed by atoms with Gasteiger partial charge >= 0.3 is 5.91 Å². The lowest BCUT2D eigenvalue weighted by atomic mass is 9.96. The van der Waals surface area contributed by atoms with E-state index in [9.17, 15) is 24.8 Å². The summed E-state index contributed by atoms with van der Waals surface area (Å²) in [6.07, 6.45) is 3.27. The minimum atomic E-state index is -1.11. The first-order chi connectivity index (χ1) is 16.3. The number of aryl methyl sites for hydroxylation is 2. The van der Waals surface area contributed by atoms with Gasteiger partial charge in [0.15, 0.2) is 10.9 Å². The molecule has 10 nitrogen and oxygen atoms in total. The largest absolute Gasteiger partial charge is 0.505 e. The van der Waals surface area contributed by atoms with E-state index < -0.39 is 28.4 Å². The Balaban J connectivity index is 1.78. The Morgan fingerprint density at radius 2 is 2.00 bits per heavy atom. The first kappa shape index (κ1) is 21.5. The van der Waals surface area contributed by atoms with E-state index in [2.05, 4.69) is 9.97 Å². The van der Waals surface area contributed by atoms with Gasteiger partial charge in [-0.3, -0.25) is 24.6 Å². The summed E-state index contributed by atoms with van der Waals surface area (Å²) in [5, 5.41) is 24.6. The van der Waals surface area contributed by atoms with Crippen molar-refractivity contribution in [2.75, 3.05) is 4.90 Å². The summed E-state index contributed by atoms with van der Waals surface area (Å²) in [6.45, 7) is 3.61. The molecule has 0 spiro atoms. The van der Waals surface area contributed by atoms with Crippen LogP contribution < -0.4 is 4.90 Å². The highest BCUT2D eigenvalue weighted by molar-refractivity contribution is 7.14. The second-order valence-electron chi connectivity index (χ2n) is 7.77. The number of nitro benzene ring substituents is 1. The summed E-state index contributed by atoms with van der Waals surface area (Å²) in [5.74, 6) is -2.25. The van der Waals surface area contributed by atoms with Gasteiger partial charge in [-0.25, -0.2) is 9.97 Å². The normalized spacial score (nSPS) is 17.6. The van der Waals surface area contributed by atoms with Crippen molar-refractivity contribution in [1.82, 2.24) is 14.4 Å². The topological polar surface area (TPSA) is 131 Å². The fraction of sp³-hybridized carbons (Fsp3) is 0.130. The Hall–Kier alpha value is -4.38. The van der Waals surface area contributed by atoms with Crippen LogP contribution in [0.15, 0.2) is 59.7 Å². The van der Waals surface area contributed by atoms with Crippen molar-refractivity contribution in [2.24, 2.45) is 0 Å². The number of nitrogens with zero attached hydrogens (tertiary/aromatic N) is 5. The molecule has 1 N–H and O–H groups in total. The average molecular weight is 475 g/mol. The summed E-state index contributed by atoms with van der Waals surface area (Å²) in [4.78, 5) is 47.0. The number of Topliss-reactive ketones (excluding diaryl/α,β-unsaturated/α-hetero) is 1. The highest BCUT2D eigenvalue weighted by Crippen LogP contribution is 2.43. The number of rotatable bonds is 4. The number of aromatic nitrogens is 3. The van der Waals surface area contributed by atoms with E-state index >= 15 is 0 Å². The maximum absolute atomic E-state index is 13.2. The lowest BCUT2D eigenvalue weighted by molar-refractivity contribution is -0.384. The number of hydrogen-bond donors (Lipinski definition) is 1. The second-order valence-corrected chi connectivity index (χ2v) is 8.64. The number of non-ortho nitro benzene ring substituents is 1. The van der Waals surface area contributed by atoms with Crippen molar-refractivity contribution in [1.29, 1.82) is 0 Å². The minimum Gasteiger partial charge on any atom is -0.505 e. The Bertz CT molecular complexity index is 1520. The molecule has 1 unspecified atom stereocenters. The smallest absolute Gasteiger partial charge is 0.301 e. The van der Waals surface area contributed by atoms with Crippen LogP contribution in [0.1, 0.15) is 28.6 Å². The van der Waals surface area contributed by atoms with Gasteiger partial charge in [-0.2, -0.15) is 0 Å². The third kappa shape index (κ3) is 3.17. The molecule has 1 saturated heterocycles. The molecule has 1 aromatic carbocycles. The highest BCUT2D eigenvalue weighted by Gasteiger charge is 2.48. The third-order valence-electron chi connectivity index (χ3n) is 5.77. The van der Waals surface area contributed by atoms with E-state index in [1.807, 2.05) is 19.1 Å². The molecule has 3 aromatic heterocycles. The van der Waals surface area contributed by atoms with Crippen LogP contribution in [-0.4, -0.2) is 36.1 Å². The molecule has 0 saturated carbocycles. The number of amides is 1. The van der Waals surface area contributed by atoms with E-state index in [0.717, 1.165) is 21.8 Å². The van der Waals surface area contributed by atoms with Crippen LogP contribution in [0.4, 0.5) is 10.8 Å². The molecule has 1 aliphatic rings. The Kier molecular flexibility index (Phi) is 4.98. The zero-order chi connectivity index (χ0) is 24.1. The number of fused-ring (bicyclic) bond motifs is 1. The number of aliphatic hydroxyl groups is 1. The predicted octanol–water partition coefficient (Wildman–Crippen LogP) is 3.94. The maximum Gasteiger partial charge on any atom is 0.301 e. The third-order valence-corrected chi connectivity index (χ3v) is 6.55. The molecule has 1 atom stereocenters. The molecule has 1 amide bonds. The Labute approximate surface area is 196 Å². The van der Waals surface area contributed by atoms with E-state index in [4.69, 9.17) is 0 Å². The number of carbonyl (C=O) groups is 2. The Morgan fingerprint density at radius 3 is 2.68 bits per heavy atom. The zero-order valence-corrected chi connectivity index (χ0v) is 18.8. The Morgan fingerprint density at radius 1 is 1.21 bits per heavy atom. The molecular weight excluding hydrogens is 458 g/mol. The highest BCUT2D eigenvalue weighted by atomic mass is 32.1. The quantitative estimate of drug-likeness (QED) is 0.155. The molecule has 4 aromatic rings. The van der Waals surface area contributed by atoms with Crippen molar-refractivity contribution in [3.8, 4) is 0 Å². The number of pyridine rings is 1. The maximum atomic E-state index is 13.2. The number of anilines is 1. The summed E-state index contributed by atoms with van der Waals surface area (Å²) in [7, 11) is 0.